The van der Waals surface area contributed by atoms with Crippen molar-refractivity contribution in [3.63, 3.8) is 0 Å². The van der Waals surface area contributed by atoms with Crippen LogP contribution in [0.1, 0.15) is 35.0 Å². The van der Waals surface area contributed by atoms with E-state index in [1.165, 1.54) is 43.6 Å². The third-order valence-electron chi connectivity index (χ3n) is 4.41. The summed E-state index contributed by atoms with van der Waals surface area (Å²) in [7, 11) is -0.834. The number of hydrogen-bond acceptors (Lipinski definition) is 5. The van der Waals surface area contributed by atoms with Crippen LogP contribution in [0.25, 0.3) is 11.3 Å². The van der Waals surface area contributed by atoms with Gasteiger partial charge in [-0.3, -0.25) is 10.1 Å². The molecule has 30 heavy (non-hydrogen) atoms. The number of aromatic nitrogens is 1. The van der Waals surface area contributed by atoms with Gasteiger partial charge in [-0.25, -0.2) is 17.7 Å². The van der Waals surface area contributed by atoms with Crippen molar-refractivity contribution in [1.82, 2.24) is 9.29 Å². The molecule has 158 valence electrons. The quantitative estimate of drug-likeness (QED) is 0.552. The smallest absolute Gasteiger partial charge is 0.259 e. The first-order chi connectivity index (χ1) is 14.1. The average Bonchev–Trinajstić information content (AvgIpc) is 3.12. The first-order valence-corrected chi connectivity index (χ1v) is 11.8. The molecule has 1 amide bonds. The maximum atomic E-state index is 12.9. The van der Waals surface area contributed by atoms with Crippen LogP contribution in [0, 0.1) is 0 Å². The molecule has 1 aromatic heterocycles. The molecule has 0 bridgehead atoms. The summed E-state index contributed by atoms with van der Waals surface area (Å²) in [6.07, 6.45) is 0. The molecule has 0 aliphatic heterocycles. The molecule has 0 radical (unpaired) electrons. The Bertz CT molecular complexity index is 1170. The first kappa shape index (κ1) is 22.4. The monoisotopic (exact) mass is 463 g/mol. The van der Waals surface area contributed by atoms with E-state index in [9.17, 15) is 13.2 Å². The Morgan fingerprint density at radius 3 is 2.40 bits per heavy atom. The average molecular weight is 464 g/mol. The van der Waals surface area contributed by atoms with Gasteiger partial charge in [0.05, 0.1) is 21.2 Å². The fraction of sp³-hybridized carbons (Fsp3) is 0.238. The summed E-state index contributed by atoms with van der Waals surface area (Å²) >= 11 is 7.58. The third-order valence-corrected chi connectivity index (χ3v) is 7.82. The van der Waals surface area contributed by atoms with Crippen LogP contribution in [0.3, 0.4) is 0 Å². The lowest BCUT2D eigenvalue weighted by Crippen LogP contribution is -2.23. The maximum Gasteiger partial charge on any atom is 0.259 e. The van der Waals surface area contributed by atoms with Gasteiger partial charge in [0.2, 0.25) is 10.0 Å². The molecule has 3 aromatic rings. The molecule has 1 heterocycles. The van der Waals surface area contributed by atoms with Crippen molar-refractivity contribution < 1.29 is 13.2 Å². The first-order valence-electron chi connectivity index (χ1n) is 9.21. The standard InChI is InChI=1S/C21H22ClN3O3S2/c1-13(2)19-18(14-8-6-5-7-9-14)23-21(29-19)24-20(26)16-12-15(10-11-17(16)22)30(27,28)25(3)4/h5-13H,1-4H3,(H,23,24,26). The molecule has 0 fully saturated rings. The maximum absolute atomic E-state index is 12.9. The van der Waals surface area contributed by atoms with Crippen molar-refractivity contribution in [2.24, 2.45) is 0 Å². The van der Waals surface area contributed by atoms with Gasteiger partial charge in [0, 0.05) is 24.5 Å². The van der Waals surface area contributed by atoms with Gasteiger partial charge in [0.15, 0.2) is 5.13 Å². The van der Waals surface area contributed by atoms with Crippen LogP contribution in [0.4, 0.5) is 5.13 Å². The minimum atomic E-state index is -3.69. The Morgan fingerprint density at radius 1 is 1.13 bits per heavy atom. The zero-order valence-corrected chi connectivity index (χ0v) is 19.4. The van der Waals surface area contributed by atoms with Gasteiger partial charge in [0.25, 0.3) is 5.91 Å². The summed E-state index contributed by atoms with van der Waals surface area (Å²) in [5, 5.41) is 3.36. The lowest BCUT2D eigenvalue weighted by molar-refractivity contribution is 0.102. The molecule has 0 saturated heterocycles. The van der Waals surface area contributed by atoms with Gasteiger partial charge >= 0.3 is 0 Å². The van der Waals surface area contributed by atoms with E-state index in [1.54, 1.807) is 0 Å². The molecule has 0 unspecified atom stereocenters. The molecule has 9 heteroatoms. The lowest BCUT2D eigenvalue weighted by Gasteiger charge is -2.13. The van der Waals surface area contributed by atoms with Crippen molar-refractivity contribution in [3.05, 3.63) is 64.0 Å². The van der Waals surface area contributed by atoms with E-state index in [-0.39, 0.29) is 21.4 Å². The number of anilines is 1. The number of benzene rings is 2. The second-order valence-corrected chi connectivity index (χ2v) is 10.7. The second-order valence-electron chi connectivity index (χ2n) is 7.14. The van der Waals surface area contributed by atoms with Gasteiger partial charge < -0.3 is 0 Å². The number of thiazole rings is 1. The summed E-state index contributed by atoms with van der Waals surface area (Å²) < 4.78 is 25.9. The van der Waals surface area contributed by atoms with Crippen molar-refractivity contribution in [2.75, 3.05) is 19.4 Å². The summed E-state index contributed by atoms with van der Waals surface area (Å²) in [4.78, 5) is 18.5. The van der Waals surface area contributed by atoms with E-state index in [4.69, 9.17) is 11.6 Å². The van der Waals surface area contributed by atoms with Gasteiger partial charge in [-0.15, -0.1) is 11.3 Å². The molecule has 0 aliphatic carbocycles. The minimum Gasteiger partial charge on any atom is -0.298 e. The Balaban J connectivity index is 1.95. The zero-order chi connectivity index (χ0) is 22.1. The molecule has 0 aliphatic rings. The fourth-order valence-electron chi connectivity index (χ4n) is 2.79. The summed E-state index contributed by atoms with van der Waals surface area (Å²) in [6.45, 7) is 4.13. The topological polar surface area (TPSA) is 79.4 Å². The minimum absolute atomic E-state index is 0.00553. The van der Waals surface area contributed by atoms with Gasteiger partial charge in [0.1, 0.15) is 0 Å². The molecular weight excluding hydrogens is 442 g/mol. The molecule has 0 spiro atoms. The van der Waals surface area contributed by atoms with Gasteiger partial charge in [-0.05, 0) is 24.1 Å². The Hall–Kier alpha value is -2.26. The number of carbonyl (C=O) groups is 1. The summed E-state index contributed by atoms with van der Waals surface area (Å²) in [5.74, 6) is -0.292. The van der Waals surface area contributed by atoms with Crippen LogP contribution >= 0.6 is 22.9 Å². The second kappa shape index (κ2) is 8.85. The number of sulfonamides is 1. The zero-order valence-electron chi connectivity index (χ0n) is 17.0. The van der Waals surface area contributed by atoms with Crippen LogP contribution in [0.15, 0.2) is 53.4 Å². The van der Waals surface area contributed by atoms with Gasteiger partial charge in [-0.1, -0.05) is 55.8 Å². The highest BCUT2D eigenvalue weighted by molar-refractivity contribution is 7.89. The summed E-state index contributed by atoms with van der Waals surface area (Å²) in [6, 6.07) is 13.8. The van der Waals surface area contributed by atoms with Gasteiger partial charge in [-0.2, -0.15) is 0 Å². The molecular formula is C21H22ClN3O3S2. The predicted molar refractivity (Wildman–Crippen MR) is 122 cm³/mol. The number of hydrogen-bond donors (Lipinski definition) is 1. The van der Waals surface area contributed by atoms with E-state index in [0.29, 0.717) is 5.13 Å². The third kappa shape index (κ3) is 4.57. The van der Waals surface area contributed by atoms with Crippen LogP contribution in [0.5, 0.6) is 0 Å². The highest BCUT2D eigenvalue weighted by Gasteiger charge is 2.22. The predicted octanol–water partition coefficient (Wildman–Crippen LogP) is 5.09. The van der Waals surface area contributed by atoms with E-state index in [1.807, 2.05) is 30.3 Å². The SMILES string of the molecule is CC(C)c1sc(NC(=O)c2cc(S(=O)(=O)N(C)C)ccc2Cl)nc1-c1ccccc1. The summed E-state index contributed by atoms with van der Waals surface area (Å²) in [5.41, 5.74) is 1.86. The largest absolute Gasteiger partial charge is 0.298 e. The number of carbonyl (C=O) groups excluding carboxylic acids is 1. The number of halogens is 1. The normalized spacial score (nSPS) is 11.8. The molecule has 0 saturated carbocycles. The number of amides is 1. The van der Waals surface area contributed by atoms with Crippen molar-refractivity contribution in [3.8, 4) is 11.3 Å². The van der Waals surface area contributed by atoms with Crippen LogP contribution < -0.4 is 5.32 Å². The van der Waals surface area contributed by atoms with E-state index in [0.717, 1.165) is 20.4 Å². The van der Waals surface area contributed by atoms with E-state index in [2.05, 4.69) is 24.1 Å². The number of nitrogens with one attached hydrogen (secondary N) is 1. The Kier molecular flexibility index (Phi) is 6.62. The highest BCUT2D eigenvalue weighted by Crippen LogP contribution is 2.36. The van der Waals surface area contributed by atoms with E-state index < -0.39 is 15.9 Å². The van der Waals surface area contributed by atoms with E-state index >= 15 is 0 Å². The Morgan fingerprint density at radius 2 is 1.80 bits per heavy atom. The van der Waals surface area contributed by atoms with Crippen LogP contribution in [-0.2, 0) is 10.0 Å². The number of rotatable bonds is 6. The lowest BCUT2D eigenvalue weighted by atomic mass is 10.1. The molecule has 1 N–H and O–H groups in total. The highest BCUT2D eigenvalue weighted by atomic mass is 35.5. The molecule has 6 nitrogen and oxygen atoms in total. The fourth-order valence-corrected chi connectivity index (χ4v) is 4.91. The molecule has 2 aromatic carbocycles. The molecule has 3 rings (SSSR count). The van der Waals surface area contributed by atoms with Crippen LogP contribution in [0.2, 0.25) is 5.02 Å². The Labute approximate surface area is 185 Å². The van der Waals surface area contributed by atoms with Crippen molar-refractivity contribution in [2.45, 2.75) is 24.7 Å². The van der Waals surface area contributed by atoms with Crippen LogP contribution in [-0.4, -0.2) is 37.7 Å². The number of nitrogens with zero attached hydrogens (tertiary/aromatic N) is 2. The van der Waals surface area contributed by atoms with Crippen molar-refractivity contribution >= 4 is 44.0 Å². The van der Waals surface area contributed by atoms with Crippen molar-refractivity contribution in [1.29, 1.82) is 0 Å². The molecule has 0 atom stereocenters.